The lowest BCUT2D eigenvalue weighted by Crippen LogP contribution is -2.49. The molecular weight excluding hydrogens is 316 g/mol. The summed E-state index contributed by atoms with van der Waals surface area (Å²) in [5.41, 5.74) is 1.93. The number of ether oxygens (including phenoxy) is 1. The van der Waals surface area contributed by atoms with Gasteiger partial charge in [0, 0.05) is 43.7 Å². The molecule has 1 aromatic heterocycles. The predicted octanol–water partition coefficient (Wildman–Crippen LogP) is 2.21. The maximum Gasteiger partial charge on any atom is 0.225 e. The molecule has 1 aliphatic carbocycles. The van der Waals surface area contributed by atoms with Gasteiger partial charge >= 0.3 is 0 Å². The fourth-order valence-electron chi connectivity index (χ4n) is 3.18. The maximum atomic E-state index is 12.2. The molecule has 2 aliphatic rings. The summed E-state index contributed by atoms with van der Waals surface area (Å²) in [7, 11) is 1.66. The molecular formula is C19H22N4O2. The molecule has 25 heavy (non-hydrogen) atoms. The lowest BCUT2D eigenvalue weighted by atomic mass is 10.1. The van der Waals surface area contributed by atoms with E-state index in [1.807, 2.05) is 35.2 Å². The zero-order valence-corrected chi connectivity index (χ0v) is 14.4. The molecule has 0 spiro atoms. The average molecular weight is 338 g/mol. The molecule has 4 rings (SSSR count). The molecule has 1 aromatic carbocycles. The van der Waals surface area contributed by atoms with Crippen LogP contribution >= 0.6 is 0 Å². The highest BCUT2D eigenvalue weighted by Gasteiger charge is 2.34. The lowest BCUT2D eigenvalue weighted by Gasteiger charge is -2.35. The molecule has 0 radical (unpaired) electrons. The fourth-order valence-corrected chi connectivity index (χ4v) is 3.18. The molecule has 1 amide bonds. The van der Waals surface area contributed by atoms with Crippen molar-refractivity contribution in [3.63, 3.8) is 0 Å². The summed E-state index contributed by atoms with van der Waals surface area (Å²) < 4.78 is 5.20. The largest absolute Gasteiger partial charge is 0.497 e. The second-order valence-corrected chi connectivity index (χ2v) is 6.58. The molecule has 2 fully saturated rings. The van der Waals surface area contributed by atoms with Crippen molar-refractivity contribution < 1.29 is 9.53 Å². The maximum absolute atomic E-state index is 12.2. The van der Waals surface area contributed by atoms with Crippen molar-refractivity contribution in [2.45, 2.75) is 12.8 Å². The first-order valence-corrected chi connectivity index (χ1v) is 8.75. The first-order chi connectivity index (χ1) is 12.2. The second kappa shape index (κ2) is 6.70. The summed E-state index contributed by atoms with van der Waals surface area (Å²) in [5.74, 6) is 2.38. The van der Waals surface area contributed by atoms with E-state index in [0.717, 1.165) is 61.8 Å². The quantitative estimate of drug-likeness (QED) is 0.855. The third-order valence-electron chi connectivity index (χ3n) is 4.88. The molecule has 2 aromatic rings. The predicted molar refractivity (Wildman–Crippen MR) is 95.5 cm³/mol. The minimum atomic E-state index is 0.298. The number of nitrogens with zero attached hydrogens (tertiary/aromatic N) is 4. The van der Waals surface area contributed by atoms with Crippen LogP contribution in [-0.4, -0.2) is 54.1 Å². The Morgan fingerprint density at radius 3 is 2.44 bits per heavy atom. The summed E-state index contributed by atoms with van der Waals surface area (Å²) >= 11 is 0. The molecule has 1 saturated heterocycles. The van der Waals surface area contributed by atoms with Gasteiger partial charge in [-0.15, -0.1) is 0 Å². The number of carbonyl (C=O) groups is 1. The molecule has 130 valence electrons. The molecule has 1 aliphatic heterocycles. The normalized spacial score (nSPS) is 17.5. The summed E-state index contributed by atoms with van der Waals surface area (Å²) in [5, 5.41) is 0. The highest BCUT2D eigenvalue weighted by molar-refractivity contribution is 5.81. The number of hydrogen-bond donors (Lipinski definition) is 0. The molecule has 0 bridgehead atoms. The topological polar surface area (TPSA) is 58.6 Å². The molecule has 1 saturated carbocycles. The zero-order chi connectivity index (χ0) is 17.2. The minimum Gasteiger partial charge on any atom is -0.497 e. The van der Waals surface area contributed by atoms with Gasteiger partial charge in [-0.2, -0.15) is 0 Å². The SMILES string of the molecule is COc1ccc(-c2cc(N3CCN(C(=O)C4CC4)CC3)ncn2)cc1. The number of amides is 1. The van der Waals surface area contributed by atoms with Crippen LogP contribution in [0, 0.1) is 5.92 Å². The van der Waals surface area contributed by atoms with Gasteiger partial charge in [-0.1, -0.05) is 0 Å². The van der Waals surface area contributed by atoms with E-state index in [0.29, 0.717) is 11.8 Å². The number of hydrogen-bond acceptors (Lipinski definition) is 5. The number of aromatic nitrogens is 2. The van der Waals surface area contributed by atoms with Gasteiger partial charge in [0.15, 0.2) is 0 Å². The van der Waals surface area contributed by atoms with Gasteiger partial charge in [-0.3, -0.25) is 4.79 Å². The first-order valence-electron chi connectivity index (χ1n) is 8.75. The van der Waals surface area contributed by atoms with Crippen molar-refractivity contribution in [3.05, 3.63) is 36.7 Å². The van der Waals surface area contributed by atoms with E-state index in [1.165, 1.54) is 0 Å². The van der Waals surface area contributed by atoms with Crippen LogP contribution in [0.1, 0.15) is 12.8 Å². The third-order valence-corrected chi connectivity index (χ3v) is 4.88. The van der Waals surface area contributed by atoms with Crippen molar-refractivity contribution in [2.24, 2.45) is 5.92 Å². The highest BCUT2D eigenvalue weighted by atomic mass is 16.5. The van der Waals surface area contributed by atoms with Crippen LogP contribution in [0.25, 0.3) is 11.3 Å². The van der Waals surface area contributed by atoms with Crippen molar-refractivity contribution >= 4 is 11.7 Å². The monoisotopic (exact) mass is 338 g/mol. The number of methoxy groups -OCH3 is 1. The Hall–Kier alpha value is -2.63. The van der Waals surface area contributed by atoms with Crippen molar-refractivity contribution in [2.75, 3.05) is 38.2 Å². The van der Waals surface area contributed by atoms with Crippen LogP contribution in [0.5, 0.6) is 5.75 Å². The van der Waals surface area contributed by atoms with E-state index in [2.05, 4.69) is 14.9 Å². The summed E-state index contributed by atoms with van der Waals surface area (Å²) in [6.07, 6.45) is 3.74. The smallest absolute Gasteiger partial charge is 0.225 e. The van der Waals surface area contributed by atoms with E-state index in [1.54, 1.807) is 13.4 Å². The number of anilines is 1. The molecule has 2 heterocycles. The number of piperazine rings is 1. The Kier molecular flexibility index (Phi) is 4.26. The van der Waals surface area contributed by atoms with Crippen molar-refractivity contribution in [1.82, 2.24) is 14.9 Å². The average Bonchev–Trinajstić information content (AvgIpc) is 3.53. The van der Waals surface area contributed by atoms with Crippen LogP contribution in [0.4, 0.5) is 5.82 Å². The lowest BCUT2D eigenvalue weighted by molar-refractivity contribution is -0.132. The van der Waals surface area contributed by atoms with Crippen molar-refractivity contribution in [3.8, 4) is 17.0 Å². The Balaban J connectivity index is 1.45. The van der Waals surface area contributed by atoms with E-state index in [4.69, 9.17) is 4.74 Å². The summed E-state index contributed by atoms with van der Waals surface area (Å²) in [6.45, 7) is 3.18. The molecule has 6 heteroatoms. The van der Waals surface area contributed by atoms with Gasteiger partial charge in [-0.25, -0.2) is 9.97 Å². The summed E-state index contributed by atoms with van der Waals surface area (Å²) in [6, 6.07) is 9.87. The van der Waals surface area contributed by atoms with Gasteiger partial charge in [0.2, 0.25) is 5.91 Å². The van der Waals surface area contributed by atoms with Gasteiger partial charge in [0.05, 0.1) is 12.8 Å². The zero-order valence-electron chi connectivity index (χ0n) is 14.4. The van der Waals surface area contributed by atoms with Crippen LogP contribution < -0.4 is 9.64 Å². The molecule has 0 unspecified atom stereocenters. The van der Waals surface area contributed by atoms with Gasteiger partial charge in [0.1, 0.15) is 17.9 Å². The van der Waals surface area contributed by atoms with E-state index in [9.17, 15) is 4.79 Å². The number of benzene rings is 1. The second-order valence-electron chi connectivity index (χ2n) is 6.58. The Morgan fingerprint density at radius 2 is 1.80 bits per heavy atom. The van der Waals surface area contributed by atoms with Crippen molar-refractivity contribution in [1.29, 1.82) is 0 Å². The third kappa shape index (κ3) is 3.43. The Bertz CT molecular complexity index is 750. The van der Waals surface area contributed by atoms with E-state index >= 15 is 0 Å². The Morgan fingerprint density at radius 1 is 1.08 bits per heavy atom. The Labute approximate surface area is 147 Å². The van der Waals surface area contributed by atoms with Gasteiger partial charge in [0.25, 0.3) is 0 Å². The van der Waals surface area contributed by atoms with E-state index < -0.39 is 0 Å². The standard InChI is InChI=1S/C19H22N4O2/c1-25-16-6-4-14(5-7-16)17-12-18(21-13-20-17)22-8-10-23(11-9-22)19(24)15-2-3-15/h4-7,12-13,15H,2-3,8-11H2,1H3. The molecule has 0 atom stereocenters. The summed E-state index contributed by atoms with van der Waals surface area (Å²) in [4.78, 5) is 25.2. The number of carbonyl (C=O) groups excluding carboxylic acids is 1. The van der Waals surface area contributed by atoms with E-state index in [-0.39, 0.29) is 0 Å². The van der Waals surface area contributed by atoms with Gasteiger partial charge in [-0.05, 0) is 37.1 Å². The number of rotatable bonds is 4. The van der Waals surface area contributed by atoms with Crippen LogP contribution in [-0.2, 0) is 4.79 Å². The molecule has 0 N–H and O–H groups in total. The minimum absolute atomic E-state index is 0.298. The first kappa shape index (κ1) is 15.9. The molecule has 6 nitrogen and oxygen atoms in total. The van der Waals surface area contributed by atoms with Gasteiger partial charge < -0.3 is 14.5 Å². The highest BCUT2D eigenvalue weighted by Crippen LogP contribution is 2.31. The van der Waals surface area contributed by atoms with Crippen LogP contribution in [0.2, 0.25) is 0 Å². The van der Waals surface area contributed by atoms with Crippen LogP contribution in [0.15, 0.2) is 36.7 Å². The van der Waals surface area contributed by atoms with Crippen LogP contribution in [0.3, 0.4) is 0 Å². The fraction of sp³-hybridized carbons (Fsp3) is 0.421.